The molecule has 0 spiro atoms. The van der Waals surface area contributed by atoms with Gasteiger partial charge in [-0.25, -0.2) is 0 Å². The molecule has 0 unspecified atom stereocenters. The highest BCUT2D eigenvalue weighted by Crippen LogP contribution is 2.26. The van der Waals surface area contributed by atoms with Crippen LogP contribution in [0.3, 0.4) is 0 Å². The molecule has 128 valence electrons. The summed E-state index contributed by atoms with van der Waals surface area (Å²) in [7, 11) is 0. The Morgan fingerprint density at radius 1 is 1.08 bits per heavy atom. The molecule has 5 heteroatoms. The largest absolute Gasteiger partial charge is 0.299 e. The summed E-state index contributed by atoms with van der Waals surface area (Å²) in [5.74, 6) is 1.41. The molecule has 0 amide bonds. The maximum atomic E-state index is 11.4. The lowest BCUT2D eigenvalue weighted by molar-refractivity contribution is -0.114. The van der Waals surface area contributed by atoms with E-state index >= 15 is 0 Å². The van der Waals surface area contributed by atoms with Gasteiger partial charge in [0.25, 0.3) is 0 Å². The van der Waals surface area contributed by atoms with Crippen molar-refractivity contribution in [1.29, 1.82) is 0 Å². The number of hydrogen-bond acceptors (Lipinski definition) is 4. The van der Waals surface area contributed by atoms with Gasteiger partial charge in [0.05, 0.1) is 11.4 Å². The van der Waals surface area contributed by atoms with Gasteiger partial charge in [0.2, 0.25) is 0 Å². The van der Waals surface area contributed by atoms with Crippen molar-refractivity contribution >= 4 is 17.5 Å². The van der Waals surface area contributed by atoms with Gasteiger partial charge in [-0.2, -0.15) is 0 Å². The molecule has 1 heterocycles. The number of carbonyl (C=O) groups is 1. The molecule has 3 rings (SSSR count). The van der Waals surface area contributed by atoms with Crippen LogP contribution in [0.25, 0.3) is 5.69 Å². The molecule has 1 aromatic heterocycles. The van der Waals surface area contributed by atoms with E-state index in [4.69, 9.17) is 0 Å². The van der Waals surface area contributed by atoms with Crippen molar-refractivity contribution in [1.82, 2.24) is 14.8 Å². The molecule has 0 bridgehead atoms. The zero-order valence-corrected chi connectivity index (χ0v) is 15.5. The molecule has 0 aliphatic carbocycles. The monoisotopic (exact) mass is 351 g/mol. The van der Waals surface area contributed by atoms with Gasteiger partial charge in [-0.3, -0.25) is 9.36 Å². The minimum atomic E-state index is 0.129. The molecule has 0 fully saturated rings. The van der Waals surface area contributed by atoms with Crippen molar-refractivity contribution in [3.63, 3.8) is 0 Å². The van der Waals surface area contributed by atoms with Crippen LogP contribution >= 0.6 is 11.8 Å². The third kappa shape index (κ3) is 4.17. The second-order valence-corrected chi connectivity index (χ2v) is 7.12. The van der Waals surface area contributed by atoms with Crippen molar-refractivity contribution in [3.05, 3.63) is 71.0 Å². The van der Waals surface area contributed by atoms with Crippen LogP contribution in [0.1, 0.15) is 29.4 Å². The minimum Gasteiger partial charge on any atom is -0.299 e. The number of aromatic nitrogens is 3. The molecular formula is C20H21N3OS. The van der Waals surface area contributed by atoms with Gasteiger partial charge in [-0.1, -0.05) is 59.8 Å². The molecule has 0 N–H and O–H groups in total. The lowest BCUT2D eigenvalue weighted by atomic mass is 10.1. The Hall–Kier alpha value is -2.40. The quantitative estimate of drug-likeness (QED) is 0.626. The fourth-order valence-corrected chi connectivity index (χ4v) is 3.51. The van der Waals surface area contributed by atoms with Crippen molar-refractivity contribution in [2.45, 2.75) is 32.3 Å². The standard InChI is InChI=1S/C20H21N3OS/c1-14-9-10-18(15(2)11-14)23-19(12-17-7-5-4-6-8-17)21-22-20(23)25-13-16(3)24/h4-11H,12-13H2,1-3H3. The van der Waals surface area contributed by atoms with E-state index in [-0.39, 0.29) is 5.78 Å². The van der Waals surface area contributed by atoms with Crippen LogP contribution in [0.4, 0.5) is 0 Å². The van der Waals surface area contributed by atoms with E-state index in [2.05, 4.69) is 58.9 Å². The van der Waals surface area contributed by atoms with Crippen LogP contribution < -0.4 is 0 Å². The molecule has 0 radical (unpaired) electrons. The smallest absolute Gasteiger partial charge is 0.196 e. The Labute approximate surface area is 152 Å². The summed E-state index contributed by atoms with van der Waals surface area (Å²) in [6.45, 7) is 5.77. The Bertz CT molecular complexity index is 887. The lowest BCUT2D eigenvalue weighted by Gasteiger charge is -2.13. The number of hydrogen-bond donors (Lipinski definition) is 0. The SMILES string of the molecule is CC(=O)CSc1nnc(Cc2ccccc2)n1-c1ccc(C)cc1C. The van der Waals surface area contributed by atoms with Gasteiger partial charge in [0, 0.05) is 6.42 Å². The van der Waals surface area contributed by atoms with Crippen LogP contribution in [-0.2, 0) is 11.2 Å². The summed E-state index contributed by atoms with van der Waals surface area (Å²) < 4.78 is 2.08. The van der Waals surface area contributed by atoms with Gasteiger partial charge < -0.3 is 0 Å². The fraction of sp³-hybridized carbons (Fsp3) is 0.250. The maximum Gasteiger partial charge on any atom is 0.196 e. The number of ketones is 1. The van der Waals surface area contributed by atoms with Crippen molar-refractivity contribution in [2.24, 2.45) is 0 Å². The third-order valence-electron chi connectivity index (χ3n) is 3.90. The average molecular weight is 351 g/mol. The van der Waals surface area contributed by atoms with Crippen LogP contribution in [0.5, 0.6) is 0 Å². The van der Waals surface area contributed by atoms with Crippen LogP contribution in [0.15, 0.2) is 53.7 Å². The summed E-state index contributed by atoms with van der Waals surface area (Å²) in [6.07, 6.45) is 0.696. The Morgan fingerprint density at radius 2 is 1.84 bits per heavy atom. The molecule has 0 aliphatic heterocycles. The maximum absolute atomic E-state index is 11.4. The summed E-state index contributed by atoms with van der Waals surface area (Å²) >= 11 is 1.43. The number of aryl methyl sites for hydroxylation is 2. The Balaban J connectivity index is 2.04. The van der Waals surface area contributed by atoms with Gasteiger partial charge in [-0.15, -0.1) is 10.2 Å². The van der Waals surface area contributed by atoms with E-state index in [0.717, 1.165) is 16.7 Å². The van der Waals surface area contributed by atoms with Crippen molar-refractivity contribution in [3.8, 4) is 5.69 Å². The van der Waals surface area contributed by atoms with Crippen LogP contribution in [0, 0.1) is 13.8 Å². The first-order chi connectivity index (χ1) is 12.0. The topological polar surface area (TPSA) is 47.8 Å². The highest BCUT2D eigenvalue weighted by atomic mass is 32.2. The van der Waals surface area contributed by atoms with Crippen molar-refractivity contribution < 1.29 is 4.79 Å². The predicted molar refractivity (Wildman–Crippen MR) is 101 cm³/mol. The van der Waals surface area contributed by atoms with Crippen molar-refractivity contribution in [2.75, 3.05) is 5.75 Å². The fourth-order valence-electron chi connectivity index (χ4n) is 2.75. The molecule has 0 atom stereocenters. The zero-order valence-electron chi connectivity index (χ0n) is 14.7. The van der Waals surface area contributed by atoms with E-state index < -0.39 is 0 Å². The number of rotatable bonds is 6. The zero-order chi connectivity index (χ0) is 17.8. The van der Waals surface area contributed by atoms with Crippen LogP contribution in [0.2, 0.25) is 0 Å². The highest BCUT2D eigenvalue weighted by Gasteiger charge is 2.17. The van der Waals surface area contributed by atoms with E-state index in [9.17, 15) is 4.79 Å². The Morgan fingerprint density at radius 3 is 2.52 bits per heavy atom. The van der Waals surface area contributed by atoms with Gasteiger partial charge in [0.15, 0.2) is 5.16 Å². The molecule has 4 nitrogen and oxygen atoms in total. The van der Waals surface area contributed by atoms with E-state index in [0.29, 0.717) is 12.2 Å². The summed E-state index contributed by atoms with van der Waals surface area (Å²) in [4.78, 5) is 11.4. The van der Waals surface area contributed by atoms with Gasteiger partial charge in [-0.05, 0) is 38.0 Å². The summed E-state index contributed by atoms with van der Waals surface area (Å²) in [6, 6.07) is 16.6. The van der Waals surface area contributed by atoms with Gasteiger partial charge >= 0.3 is 0 Å². The molecule has 0 aliphatic rings. The first kappa shape index (κ1) is 17.4. The molecule has 0 saturated heterocycles. The summed E-state index contributed by atoms with van der Waals surface area (Å²) in [5.41, 5.74) is 4.63. The Kier molecular flexibility index (Phi) is 5.34. The second-order valence-electron chi connectivity index (χ2n) is 6.18. The molecule has 0 saturated carbocycles. The van der Waals surface area contributed by atoms with E-state index in [1.807, 2.05) is 18.2 Å². The summed E-state index contributed by atoms with van der Waals surface area (Å²) in [5, 5.41) is 9.52. The van der Waals surface area contributed by atoms with Gasteiger partial charge in [0.1, 0.15) is 11.6 Å². The average Bonchev–Trinajstić information content (AvgIpc) is 2.96. The number of benzene rings is 2. The lowest BCUT2D eigenvalue weighted by Crippen LogP contribution is -2.06. The van der Waals surface area contributed by atoms with Crippen LogP contribution in [-0.4, -0.2) is 26.3 Å². The number of carbonyl (C=O) groups excluding carboxylic acids is 1. The second kappa shape index (κ2) is 7.66. The molecular weight excluding hydrogens is 330 g/mol. The number of nitrogens with zero attached hydrogens (tertiary/aromatic N) is 3. The number of thioether (sulfide) groups is 1. The molecule has 2 aromatic carbocycles. The van der Waals surface area contributed by atoms with E-state index in [1.54, 1.807) is 6.92 Å². The molecule has 3 aromatic rings. The number of Topliss-reactive ketones (excluding diaryl/α,β-unsaturated/α-hetero) is 1. The normalized spacial score (nSPS) is 10.8. The molecule has 25 heavy (non-hydrogen) atoms. The first-order valence-electron chi connectivity index (χ1n) is 8.22. The predicted octanol–water partition coefficient (Wildman–Crippen LogP) is 4.16. The first-order valence-corrected chi connectivity index (χ1v) is 9.21. The third-order valence-corrected chi connectivity index (χ3v) is 4.98. The minimum absolute atomic E-state index is 0.129. The van der Waals surface area contributed by atoms with E-state index in [1.165, 1.54) is 28.5 Å². The highest BCUT2D eigenvalue weighted by molar-refractivity contribution is 7.99.